The fourth-order valence-corrected chi connectivity index (χ4v) is 1.17. The molecule has 74 valence electrons. The molecule has 0 aliphatic heterocycles. The van der Waals surface area contributed by atoms with Crippen LogP contribution in [-0.2, 0) is 5.54 Å². The second-order valence-corrected chi connectivity index (χ2v) is 4.11. The molecule has 14 heavy (non-hydrogen) atoms. The van der Waals surface area contributed by atoms with E-state index in [1.807, 2.05) is 13.8 Å². The molecule has 5 nitrogen and oxygen atoms in total. The molecule has 0 aromatic carbocycles. The number of aromatic nitrogens is 4. The fourth-order valence-electron chi connectivity index (χ4n) is 1.03. The Balaban J connectivity index is 2.63. The molecule has 2 N–H and O–H groups in total. The smallest absolute Gasteiger partial charge is 0.252 e. The highest BCUT2D eigenvalue weighted by atomic mass is 35.5. The highest BCUT2D eigenvalue weighted by Crippen LogP contribution is 2.13. The van der Waals surface area contributed by atoms with Gasteiger partial charge in [-0.3, -0.25) is 0 Å². The average Bonchev–Trinajstić information content (AvgIpc) is 2.45. The van der Waals surface area contributed by atoms with Gasteiger partial charge in [0.15, 0.2) is 5.82 Å². The van der Waals surface area contributed by atoms with E-state index in [-0.39, 0.29) is 0 Å². The molecule has 2 aromatic heterocycles. The summed E-state index contributed by atoms with van der Waals surface area (Å²) < 4.78 is 1.52. The van der Waals surface area contributed by atoms with Crippen molar-refractivity contribution in [2.24, 2.45) is 5.73 Å². The Morgan fingerprint density at radius 1 is 1.50 bits per heavy atom. The van der Waals surface area contributed by atoms with Crippen molar-refractivity contribution in [3.8, 4) is 0 Å². The van der Waals surface area contributed by atoms with Crippen molar-refractivity contribution >= 4 is 17.4 Å². The molecule has 0 aliphatic rings. The van der Waals surface area contributed by atoms with Gasteiger partial charge in [0.25, 0.3) is 5.78 Å². The minimum absolute atomic E-state index is 0.503. The van der Waals surface area contributed by atoms with E-state index in [0.29, 0.717) is 16.6 Å². The maximum atomic E-state index is 5.86. The first kappa shape index (κ1) is 9.36. The summed E-state index contributed by atoms with van der Waals surface area (Å²) in [6.07, 6.45) is 3.17. The molecular weight excluding hydrogens is 202 g/mol. The highest BCUT2D eigenvalue weighted by molar-refractivity contribution is 6.30. The van der Waals surface area contributed by atoms with Crippen LogP contribution in [0.3, 0.4) is 0 Å². The largest absolute Gasteiger partial charge is 0.319 e. The van der Waals surface area contributed by atoms with Gasteiger partial charge >= 0.3 is 0 Å². The van der Waals surface area contributed by atoms with Gasteiger partial charge < -0.3 is 5.73 Å². The third-order valence-electron chi connectivity index (χ3n) is 1.74. The first-order valence-electron chi connectivity index (χ1n) is 4.14. The van der Waals surface area contributed by atoms with E-state index in [1.54, 1.807) is 6.20 Å². The minimum atomic E-state index is -0.569. The van der Waals surface area contributed by atoms with E-state index in [2.05, 4.69) is 15.1 Å². The Morgan fingerprint density at radius 2 is 2.21 bits per heavy atom. The Kier molecular flexibility index (Phi) is 1.94. The quantitative estimate of drug-likeness (QED) is 0.763. The summed E-state index contributed by atoms with van der Waals surface area (Å²) in [4.78, 5) is 8.20. The second-order valence-electron chi connectivity index (χ2n) is 3.67. The van der Waals surface area contributed by atoms with Crippen LogP contribution < -0.4 is 5.73 Å². The lowest BCUT2D eigenvalue weighted by Crippen LogP contribution is -2.30. The summed E-state index contributed by atoms with van der Waals surface area (Å²) in [6.45, 7) is 3.67. The van der Waals surface area contributed by atoms with Crippen LogP contribution in [0.4, 0.5) is 0 Å². The van der Waals surface area contributed by atoms with Crippen LogP contribution in [0.5, 0.6) is 0 Å². The maximum Gasteiger partial charge on any atom is 0.252 e. The lowest BCUT2D eigenvalue weighted by Gasteiger charge is -2.11. The molecule has 0 saturated carbocycles. The van der Waals surface area contributed by atoms with Crippen LogP contribution in [0.15, 0.2) is 12.4 Å². The van der Waals surface area contributed by atoms with E-state index in [1.165, 1.54) is 10.7 Å². The lowest BCUT2D eigenvalue weighted by atomic mass is 10.1. The van der Waals surface area contributed by atoms with Gasteiger partial charge in [-0.25, -0.2) is 9.50 Å². The topological polar surface area (TPSA) is 69.1 Å². The zero-order chi connectivity index (χ0) is 10.3. The maximum absolute atomic E-state index is 5.86. The molecule has 0 unspecified atom stereocenters. The van der Waals surface area contributed by atoms with Crippen molar-refractivity contribution in [3.63, 3.8) is 0 Å². The van der Waals surface area contributed by atoms with Gasteiger partial charge in [-0.05, 0) is 13.8 Å². The molecule has 2 aromatic rings. The zero-order valence-electron chi connectivity index (χ0n) is 7.90. The van der Waals surface area contributed by atoms with Crippen LogP contribution >= 0.6 is 11.6 Å². The van der Waals surface area contributed by atoms with Crippen LogP contribution in [0.1, 0.15) is 19.7 Å². The summed E-state index contributed by atoms with van der Waals surface area (Å²) in [7, 11) is 0. The van der Waals surface area contributed by atoms with Crippen LogP contribution in [0.25, 0.3) is 5.78 Å². The summed E-state index contributed by atoms with van der Waals surface area (Å²) in [5, 5.41) is 4.70. The van der Waals surface area contributed by atoms with Crippen molar-refractivity contribution in [3.05, 3.63) is 23.2 Å². The Morgan fingerprint density at radius 3 is 2.86 bits per heavy atom. The number of nitrogens with two attached hydrogens (primary N) is 1. The van der Waals surface area contributed by atoms with Crippen molar-refractivity contribution in [1.82, 2.24) is 19.6 Å². The van der Waals surface area contributed by atoms with Crippen LogP contribution in [0.2, 0.25) is 5.02 Å². The van der Waals surface area contributed by atoms with Gasteiger partial charge in [-0.15, -0.1) is 5.10 Å². The third-order valence-corrected chi connectivity index (χ3v) is 1.93. The summed E-state index contributed by atoms with van der Waals surface area (Å²) in [5.74, 6) is 1.05. The van der Waals surface area contributed by atoms with Gasteiger partial charge in [0.2, 0.25) is 0 Å². The number of halogens is 1. The first-order chi connectivity index (χ1) is 6.47. The van der Waals surface area contributed by atoms with E-state index in [4.69, 9.17) is 17.3 Å². The van der Waals surface area contributed by atoms with Crippen LogP contribution in [-0.4, -0.2) is 19.6 Å². The standard InChI is InChI=1S/C8H10ClN5/c1-8(2,10)6-12-7-11-3-5(9)4-14(7)13-6/h3-4H,10H2,1-2H3. The lowest BCUT2D eigenvalue weighted by molar-refractivity contribution is 0.514. The van der Waals surface area contributed by atoms with Gasteiger partial charge in [0, 0.05) is 0 Å². The van der Waals surface area contributed by atoms with Gasteiger partial charge in [-0.2, -0.15) is 4.98 Å². The molecule has 2 rings (SSSR count). The normalized spacial score (nSPS) is 12.3. The van der Waals surface area contributed by atoms with E-state index in [9.17, 15) is 0 Å². The third kappa shape index (κ3) is 1.56. The number of hydrogen-bond acceptors (Lipinski definition) is 4. The van der Waals surface area contributed by atoms with Gasteiger partial charge in [0.1, 0.15) is 0 Å². The molecule has 0 aliphatic carbocycles. The van der Waals surface area contributed by atoms with Crippen molar-refractivity contribution in [2.75, 3.05) is 0 Å². The number of hydrogen-bond donors (Lipinski definition) is 1. The zero-order valence-corrected chi connectivity index (χ0v) is 8.65. The SMILES string of the molecule is CC(C)(N)c1nc2ncc(Cl)cn2n1. The molecule has 0 atom stereocenters. The number of fused-ring (bicyclic) bond motifs is 1. The summed E-state index contributed by atoms with van der Waals surface area (Å²) in [5.41, 5.74) is 5.29. The predicted octanol–water partition coefficient (Wildman–Crippen LogP) is 0.972. The van der Waals surface area contributed by atoms with Gasteiger partial charge in [0.05, 0.1) is 23.0 Å². The second kappa shape index (κ2) is 2.90. The van der Waals surface area contributed by atoms with Crippen molar-refractivity contribution in [2.45, 2.75) is 19.4 Å². The van der Waals surface area contributed by atoms with E-state index < -0.39 is 5.54 Å². The molecule has 6 heteroatoms. The molecule has 0 saturated heterocycles. The molecule has 0 spiro atoms. The molecular formula is C8H10ClN5. The van der Waals surface area contributed by atoms with Crippen LogP contribution in [0, 0.1) is 0 Å². The summed E-state index contributed by atoms with van der Waals surface area (Å²) >= 11 is 5.76. The molecule has 2 heterocycles. The molecule has 0 amide bonds. The number of nitrogens with zero attached hydrogens (tertiary/aromatic N) is 4. The molecule has 0 radical (unpaired) electrons. The van der Waals surface area contributed by atoms with Crippen molar-refractivity contribution < 1.29 is 0 Å². The van der Waals surface area contributed by atoms with E-state index in [0.717, 1.165) is 0 Å². The minimum Gasteiger partial charge on any atom is -0.319 e. The Hall–Kier alpha value is -1.20. The average molecular weight is 212 g/mol. The molecule has 0 bridgehead atoms. The van der Waals surface area contributed by atoms with Crippen molar-refractivity contribution in [1.29, 1.82) is 0 Å². The monoisotopic (exact) mass is 211 g/mol. The Labute approximate surface area is 85.9 Å². The summed E-state index contributed by atoms with van der Waals surface area (Å²) in [6, 6.07) is 0. The highest BCUT2D eigenvalue weighted by Gasteiger charge is 2.20. The van der Waals surface area contributed by atoms with E-state index >= 15 is 0 Å². The first-order valence-corrected chi connectivity index (χ1v) is 4.52. The fraction of sp³-hybridized carbons (Fsp3) is 0.375. The predicted molar refractivity (Wildman–Crippen MR) is 53.0 cm³/mol. The van der Waals surface area contributed by atoms with Gasteiger partial charge in [-0.1, -0.05) is 11.6 Å². The number of rotatable bonds is 1. The Bertz CT molecular complexity index is 470. The molecule has 0 fully saturated rings.